The second kappa shape index (κ2) is 6.76. The van der Waals surface area contributed by atoms with Crippen molar-refractivity contribution in [3.05, 3.63) is 45.7 Å². The van der Waals surface area contributed by atoms with Crippen LogP contribution in [0.5, 0.6) is 5.75 Å². The van der Waals surface area contributed by atoms with Crippen molar-refractivity contribution < 1.29 is 14.3 Å². The molecule has 1 aromatic heterocycles. The summed E-state index contributed by atoms with van der Waals surface area (Å²) in [5.74, 6) is 0.142. The highest BCUT2D eigenvalue weighted by Crippen LogP contribution is 2.27. The van der Waals surface area contributed by atoms with Crippen molar-refractivity contribution >= 4 is 33.5 Å². The Bertz CT molecular complexity index is 615. The minimum Gasteiger partial charge on any atom is -0.470 e. The van der Waals surface area contributed by atoms with E-state index in [-0.39, 0.29) is 6.73 Å². The first-order chi connectivity index (χ1) is 9.60. The number of carbonyl (C=O) groups excluding carboxylic acids is 1. The molecule has 0 N–H and O–H groups in total. The van der Waals surface area contributed by atoms with E-state index in [9.17, 15) is 4.79 Å². The Morgan fingerprint density at radius 1 is 1.50 bits per heavy atom. The first-order valence-electron chi connectivity index (χ1n) is 5.87. The molecule has 7 heteroatoms. The van der Waals surface area contributed by atoms with Crippen LogP contribution in [0.15, 0.2) is 35.1 Å². The van der Waals surface area contributed by atoms with Gasteiger partial charge in [-0.1, -0.05) is 27.5 Å². The Balaban J connectivity index is 1.99. The van der Waals surface area contributed by atoms with Crippen LogP contribution in [0, 0.1) is 0 Å². The van der Waals surface area contributed by atoms with E-state index in [2.05, 4.69) is 21.0 Å². The Hall–Kier alpha value is -1.53. The van der Waals surface area contributed by atoms with Gasteiger partial charge in [0, 0.05) is 10.7 Å². The molecule has 2 aromatic rings. The number of hydrogen-bond acceptors (Lipinski definition) is 4. The Labute approximate surface area is 129 Å². The van der Waals surface area contributed by atoms with Crippen molar-refractivity contribution in [1.29, 1.82) is 0 Å². The number of halogens is 2. The average molecular weight is 360 g/mol. The third-order valence-corrected chi connectivity index (χ3v) is 3.18. The van der Waals surface area contributed by atoms with Gasteiger partial charge in [0.1, 0.15) is 5.75 Å². The topological polar surface area (TPSA) is 53.3 Å². The molecule has 0 spiro atoms. The van der Waals surface area contributed by atoms with Gasteiger partial charge in [0.05, 0.1) is 23.4 Å². The maximum absolute atomic E-state index is 11.5. The summed E-state index contributed by atoms with van der Waals surface area (Å²) in [6.07, 6.45) is 3.00. The molecule has 106 valence electrons. The number of carbonyl (C=O) groups is 1. The lowest BCUT2D eigenvalue weighted by Crippen LogP contribution is -2.06. The SMILES string of the molecule is CCOC(=O)c1cnn(COc2ccc(Br)cc2Cl)c1. The van der Waals surface area contributed by atoms with Crippen LogP contribution in [0.25, 0.3) is 0 Å². The van der Waals surface area contributed by atoms with Crippen LogP contribution >= 0.6 is 27.5 Å². The van der Waals surface area contributed by atoms with Gasteiger partial charge >= 0.3 is 5.97 Å². The highest BCUT2D eigenvalue weighted by atomic mass is 79.9. The molecular weight excluding hydrogens is 348 g/mol. The van der Waals surface area contributed by atoms with Crippen molar-refractivity contribution in [2.75, 3.05) is 6.61 Å². The Morgan fingerprint density at radius 2 is 2.30 bits per heavy atom. The predicted molar refractivity (Wildman–Crippen MR) is 78.0 cm³/mol. The lowest BCUT2D eigenvalue weighted by molar-refractivity contribution is 0.0526. The zero-order valence-electron chi connectivity index (χ0n) is 10.7. The molecule has 0 saturated heterocycles. The van der Waals surface area contributed by atoms with Crippen LogP contribution < -0.4 is 4.74 Å². The van der Waals surface area contributed by atoms with Gasteiger partial charge in [-0.25, -0.2) is 9.48 Å². The van der Waals surface area contributed by atoms with Crippen LogP contribution in [0.4, 0.5) is 0 Å². The summed E-state index contributed by atoms with van der Waals surface area (Å²) in [7, 11) is 0. The standard InChI is InChI=1S/C13H12BrClN2O3/c1-2-19-13(18)9-6-16-17(7-9)8-20-12-4-3-10(14)5-11(12)15/h3-7H,2,8H2,1H3. The molecular formula is C13H12BrClN2O3. The Kier molecular flexibility index (Phi) is 5.03. The number of nitrogens with zero attached hydrogens (tertiary/aromatic N) is 2. The van der Waals surface area contributed by atoms with Gasteiger partial charge in [0.2, 0.25) is 0 Å². The predicted octanol–water partition coefficient (Wildman–Crippen LogP) is 3.51. The van der Waals surface area contributed by atoms with Crippen LogP contribution in [0.2, 0.25) is 5.02 Å². The fourth-order valence-corrected chi connectivity index (χ4v) is 2.21. The summed E-state index contributed by atoms with van der Waals surface area (Å²) >= 11 is 9.35. The van der Waals surface area contributed by atoms with E-state index in [4.69, 9.17) is 21.1 Å². The molecule has 0 radical (unpaired) electrons. The minimum absolute atomic E-state index is 0.154. The van der Waals surface area contributed by atoms with Gasteiger partial charge in [-0.15, -0.1) is 0 Å². The summed E-state index contributed by atoms with van der Waals surface area (Å²) in [4.78, 5) is 11.5. The third kappa shape index (κ3) is 3.74. The summed E-state index contributed by atoms with van der Waals surface area (Å²) in [6, 6.07) is 5.32. The fourth-order valence-electron chi connectivity index (χ4n) is 1.48. The molecule has 0 unspecified atom stereocenters. The van der Waals surface area contributed by atoms with Crippen molar-refractivity contribution in [2.45, 2.75) is 13.7 Å². The molecule has 0 fully saturated rings. The molecule has 1 heterocycles. The zero-order valence-corrected chi connectivity index (χ0v) is 13.0. The quantitative estimate of drug-likeness (QED) is 0.767. The molecule has 1 aromatic carbocycles. The van der Waals surface area contributed by atoms with E-state index >= 15 is 0 Å². The molecule has 0 atom stereocenters. The lowest BCUT2D eigenvalue weighted by Gasteiger charge is -2.08. The molecule has 0 saturated carbocycles. The Morgan fingerprint density at radius 3 is 3.00 bits per heavy atom. The molecule has 0 bridgehead atoms. The van der Waals surface area contributed by atoms with Crippen LogP contribution in [0.1, 0.15) is 17.3 Å². The maximum atomic E-state index is 11.5. The van der Waals surface area contributed by atoms with Crippen molar-refractivity contribution in [1.82, 2.24) is 9.78 Å². The maximum Gasteiger partial charge on any atom is 0.341 e. The van der Waals surface area contributed by atoms with Crippen LogP contribution in [0.3, 0.4) is 0 Å². The fraction of sp³-hybridized carbons (Fsp3) is 0.231. The van der Waals surface area contributed by atoms with Gasteiger partial charge < -0.3 is 9.47 Å². The minimum atomic E-state index is -0.402. The van der Waals surface area contributed by atoms with E-state index in [0.717, 1.165) is 4.47 Å². The zero-order chi connectivity index (χ0) is 14.5. The van der Waals surface area contributed by atoms with Gasteiger partial charge in [0.25, 0.3) is 0 Å². The highest BCUT2D eigenvalue weighted by Gasteiger charge is 2.09. The summed E-state index contributed by atoms with van der Waals surface area (Å²) in [5.41, 5.74) is 0.386. The number of aromatic nitrogens is 2. The molecule has 20 heavy (non-hydrogen) atoms. The normalized spacial score (nSPS) is 10.3. The van der Waals surface area contributed by atoms with Gasteiger partial charge in [0.15, 0.2) is 6.73 Å². The summed E-state index contributed by atoms with van der Waals surface area (Å²) in [6.45, 7) is 2.23. The largest absolute Gasteiger partial charge is 0.470 e. The van der Waals surface area contributed by atoms with Gasteiger partial charge in [-0.3, -0.25) is 0 Å². The van der Waals surface area contributed by atoms with E-state index in [1.165, 1.54) is 10.9 Å². The molecule has 0 aliphatic rings. The van der Waals surface area contributed by atoms with Crippen LogP contribution in [-0.4, -0.2) is 22.4 Å². The van der Waals surface area contributed by atoms with E-state index in [1.807, 2.05) is 6.07 Å². The van der Waals surface area contributed by atoms with E-state index in [0.29, 0.717) is 22.9 Å². The lowest BCUT2D eigenvalue weighted by atomic mass is 10.3. The average Bonchev–Trinajstić information content (AvgIpc) is 2.87. The second-order valence-electron chi connectivity index (χ2n) is 3.84. The number of rotatable bonds is 5. The number of ether oxygens (including phenoxy) is 2. The summed E-state index contributed by atoms with van der Waals surface area (Å²) < 4.78 is 12.8. The highest BCUT2D eigenvalue weighted by molar-refractivity contribution is 9.10. The van der Waals surface area contributed by atoms with Gasteiger partial charge in [-0.2, -0.15) is 5.10 Å². The van der Waals surface area contributed by atoms with E-state index in [1.54, 1.807) is 25.3 Å². The smallest absolute Gasteiger partial charge is 0.341 e. The first kappa shape index (κ1) is 14.9. The third-order valence-electron chi connectivity index (χ3n) is 2.39. The molecule has 0 aliphatic carbocycles. The monoisotopic (exact) mass is 358 g/mol. The first-order valence-corrected chi connectivity index (χ1v) is 7.04. The molecule has 0 amide bonds. The molecule has 5 nitrogen and oxygen atoms in total. The number of benzene rings is 1. The van der Waals surface area contributed by atoms with E-state index < -0.39 is 5.97 Å². The van der Waals surface area contributed by atoms with Crippen LogP contribution in [-0.2, 0) is 11.5 Å². The summed E-state index contributed by atoms with van der Waals surface area (Å²) in [5, 5.41) is 4.52. The second-order valence-corrected chi connectivity index (χ2v) is 5.16. The number of esters is 1. The van der Waals surface area contributed by atoms with Gasteiger partial charge in [-0.05, 0) is 25.1 Å². The van der Waals surface area contributed by atoms with Crippen molar-refractivity contribution in [3.63, 3.8) is 0 Å². The molecule has 0 aliphatic heterocycles. The number of hydrogen-bond donors (Lipinski definition) is 0. The molecule has 2 rings (SSSR count). The van der Waals surface area contributed by atoms with Crippen molar-refractivity contribution in [2.24, 2.45) is 0 Å². The van der Waals surface area contributed by atoms with Crippen molar-refractivity contribution in [3.8, 4) is 5.75 Å².